The van der Waals surface area contributed by atoms with Gasteiger partial charge < -0.3 is 20.3 Å². The summed E-state index contributed by atoms with van der Waals surface area (Å²) in [6, 6.07) is 9.95. The van der Waals surface area contributed by atoms with E-state index in [9.17, 15) is 4.79 Å². The van der Waals surface area contributed by atoms with Crippen LogP contribution in [0.1, 0.15) is 36.1 Å². The van der Waals surface area contributed by atoms with Crippen LogP contribution in [0.15, 0.2) is 36.5 Å². The van der Waals surface area contributed by atoms with Gasteiger partial charge in [0.1, 0.15) is 0 Å². The average Bonchev–Trinajstić information content (AvgIpc) is 3.50. The number of aromatic nitrogens is 2. The van der Waals surface area contributed by atoms with Gasteiger partial charge >= 0.3 is 6.03 Å². The summed E-state index contributed by atoms with van der Waals surface area (Å²) in [6.45, 7) is 3.95. The third-order valence-corrected chi connectivity index (χ3v) is 6.18. The highest BCUT2D eigenvalue weighted by Gasteiger charge is 2.46. The van der Waals surface area contributed by atoms with Crippen LogP contribution >= 0.6 is 0 Å². The number of carbonyl (C=O) groups is 1. The number of amides is 2. The molecule has 1 aromatic carbocycles. The second kappa shape index (κ2) is 7.63. The zero-order valence-corrected chi connectivity index (χ0v) is 16.6. The predicted octanol–water partition coefficient (Wildman–Crippen LogP) is 2.68. The number of hydrogen-bond acceptors (Lipinski definition) is 5. The van der Waals surface area contributed by atoms with Gasteiger partial charge in [0.25, 0.3) is 0 Å². The molecule has 2 aliphatic heterocycles. The highest BCUT2D eigenvalue weighted by molar-refractivity contribution is 5.74. The molecule has 7 heteroatoms. The van der Waals surface area contributed by atoms with Crippen molar-refractivity contribution in [2.45, 2.75) is 37.8 Å². The van der Waals surface area contributed by atoms with Gasteiger partial charge in [-0.15, -0.1) is 0 Å². The lowest BCUT2D eigenvalue weighted by Gasteiger charge is -2.34. The normalized spacial score (nSPS) is 23.1. The van der Waals surface area contributed by atoms with Crippen molar-refractivity contribution >= 4 is 12.0 Å². The molecular weight excluding hydrogens is 366 g/mol. The maximum absolute atomic E-state index is 12.7. The van der Waals surface area contributed by atoms with Crippen molar-refractivity contribution in [2.75, 3.05) is 31.6 Å². The third-order valence-electron chi connectivity index (χ3n) is 6.18. The van der Waals surface area contributed by atoms with Gasteiger partial charge in [-0.2, -0.15) is 0 Å². The van der Waals surface area contributed by atoms with Crippen molar-refractivity contribution in [3.8, 4) is 0 Å². The van der Waals surface area contributed by atoms with Crippen LogP contribution in [0.3, 0.4) is 0 Å². The lowest BCUT2D eigenvalue weighted by atomic mass is 9.81. The fraction of sp³-hybridized carbons (Fsp3) is 0.500. The maximum Gasteiger partial charge on any atom is 0.317 e. The number of nitrogens with zero attached hydrogens (tertiary/aromatic N) is 3. The molecule has 1 aromatic heterocycles. The number of urea groups is 1. The van der Waals surface area contributed by atoms with Crippen LogP contribution in [0.2, 0.25) is 0 Å². The molecule has 152 valence electrons. The Morgan fingerprint density at radius 3 is 2.97 bits per heavy atom. The number of fused-ring (bicyclic) bond motifs is 2. The van der Waals surface area contributed by atoms with Crippen LogP contribution in [-0.4, -0.2) is 47.1 Å². The van der Waals surface area contributed by atoms with Crippen molar-refractivity contribution < 1.29 is 9.53 Å². The summed E-state index contributed by atoms with van der Waals surface area (Å²) in [7, 11) is 0. The minimum atomic E-state index is -0.239. The number of anilines is 1. The highest BCUT2D eigenvalue weighted by Crippen LogP contribution is 2.39. The molecule has 1 unspecified atom stereocenters. The van der Waals surface area contributed by atoms with E-state index in [0.717, 1.165) is 35.7 Å². The molecule has 0 radical (unpaired) electrons. The van der Waals surface area contributed by atoms with Gasteiger partial charge in [-0.3, -0.25) is 0 Å². The Labute approximate surface area is 170 Å². The molecule has 1 atom stereocenters. The van der Waals surface area contributed by atoms with Gasteiger partial charge in [0, 0.05) is 37.9 Å². The molecule has 2 N–H and O–H groups in total. The fourth-order valence-corrected chi connectivity index (χ4v) is 4.28. The third kappa shape index (κ3) is 3.92. The quantitative estimate of drug-likeness (QED) is 0.817. The number of hydrogen-bond donors (Lipinski definition) is 2. The van der Waals surface area contributed by atoms with Crippen LogP contribution in [0.5, 0.6) is 0 Å². The Bertz CT molecular complexity index is 886. The Hall–Kier alpha value is -2.67. The van der Waals surface area contributed by atoms with Crippen LogP contribution in [0, 0.1) is 5.92 Å². The van der Waals surface area contributed by atoms with E-state index in [1.165, 1.54) is 12.8 Å². The van der Waals surface area contributed by atoms with Crippen molar-refractivity contribution in [2.24, 2.45) is 5.92 Å². The molecule has 2 fully saturated rings. The molecule has 2 aromatic rings. The summed E-state index contributed by atoms with van der Waals surface area (Å²) in [5.41, 5.74) is 2.95. The van der Waals surface area contributed by atoms with Gasteiger partial charge in [0.05, 0.1) is 24.3 Å². The summed E-state index contributed by atoms with van der Waals surface area (Å²) in [6.07, 6.45) is 5.33. The monoisotopic (exact) mass is 393 g/mol. The summed E-state index contributed by atoms with van der Waals surface area (Å²) >= 11 is 0. The average molecular weight is 393 g/mol. The van der Waals surface area contributed by atoms with E-state index in [1.807, 2.05) is 41.4 Å². The molecule has 5 rings (SSSR count). The zero-order chi connectivity index (χ0) is 19.7. The number of likely N-dealkylation sites (tertiary alicyclic amines) is 1. The van der Waals surface area contributed by atoms with Crippen LogP contribution in [0.4, 0.5) is 10.7 Å². The van der Waals surface area contributed by atoms with Crippen LogP contribution in [-0.2, 0) is 23.3 Å². The van der Waals surface area contributed by atoms with E-state index in [1.54, 1.807) is 0 Å². The van der Waals surface area contributed by atoms with E-state index in [2.05, 4.69) is 15.6 Å². The first-order chi connectivity index (χ1) is 14.2. The first-order valence-corrected chi connectivity index (χ1v) is 10.5. The SMILES string of the molecule is O=C(NCc1ccccc1)N1CCC2(COCc3cnc(NCC4CC4)nc32)C1. The lowest BCUT2D eigenvalue weighted by molar-refractivity contribution is 0.0519. The molecule has 7 nitrogen and oxygen atoms in total. The minimum Gasteiger partial charge on any atom is -0.376 e. The largest absolute Gasteiger partial charge is 0.376 e. The maximum atomic E-state index is 12.7. The molecular formula is C22H27N5O2. The van der Waals surface area contributed by atoms with Crippen molar-refractivity contribution in [3.63, 3.8) is 0 Å². The molecule has 1 saturated heterocycles. The molecule has 2 amide bonds. The summed E-state index contributed by atoms with van der Waals surface area (Å²) in [4.78, 5) is 24.0. The molecule has 29 heavy (non-hydrogen) atoms. The first kappa shape index (κ1) is 18.4. The van der Waals surface area contributed by atoms with Crippen LogP contribution < -0.4 is 10.6 Å². The smallest absolute Gasteiger partial charge is 0.317 e. The molecule has 1 aliphatic carbocycles. The predicted molar refractivity (Wildman–Crippen MR) is 109 cm³/mol. The summed E-state index contributed by atoms with van der Waals surface area (Å²) < 4.78 is 5.88. The molecule has 0 bridgehead atoms. The van der Waals surface area contributed by atoms with Crippen molar-refractivity contribution in [1.29, 1.82) is 0 Å². The number of benzene rings is 1. The fourth-order valence-electron chi connectivity index (χ4n) is 4.28. The number of ether oxygens (including phenoxy) is 1. The van der Waals surface area contributed by atoms with Gasteiger partial charge in [-0.25, -0.2) is 14.8 Å². The van der Waals surface area contributed by atoms with E-state index >= 15 is 0 Å². The Morgan fingerprint density at radius 1 is 1.28 bits per heavy atom. The number of nitrogens with one attached hydrogen (secondary N) is 2. The summed E-state index contributed by atoms with van der Waals surface area (Å²) in [5.74, 6) is 1.46. The minimum absolute atomic E-state index is 0.0287. The van der Waals surface area contributed by atoms with E-state index < -0.39 is 0 Å². The van der Waals surface area contributed by atoms with Crippen LogP contribution in [0.25, 0.3) is 0 Å². The van der Waals surface area contributed by atoms with E-state index in [4.69, 9.17) is 9.72 Å². The zero-order valence-electron chi connectivity index (χ0n) is 16.6. The second-order valence-electron chi connectivity index (χ2n) is 8.48. The molecule has 3 heterocycles. The standard InChI is InChI=1S/C22H27N5O2/c28-21(25-11-16-4-2-1-3-5-16)27-9-8-22(14-27)15-29-13-18-12-24-20(26-19(18)22)23-10-17-6-7-17/h1-5,12,17H,6-11,13-15H2,(H,25,28)(H,23,24,26). The van der Waals surface area contributed by atoms with Gasteiger partial charge in [-0.1, -0.05) is 30.3 Å². The number of rotatable bonds is 5. The molecule has 1 saturated carbocycles. The Morgan fingerprint density at radius 2 is 2.14 bits per heavy atom. The van der Waals surface area contributed by atoms with Gasteiger partial charge in [-0.05, 0) is 30.7 Å². The second-order valence-corrected chi connectivity index (χ2v) is 8.48. The molecule has 1 spiro atoms. The van der Waals surface area contributed by atoms with Gasteiger partial charge in [0.2, 0.25) is 5.95 Å². The van der Waals surface area contributed by atoms with Crippen molar-refractivity contribution in [3.05, 3.63) is 53.3 Å². The Kier molecular flexibility index (Phi) is 4.83. The van der Waals surface area contributed by atoms with E-state index in [0.29, 0.717) is 38.8 Å². The topological polar surface area (TPSA) is 79.4 Å². The Balaban J connectivity index is 1.28. The first-order valence-electron chi connectivity index (χ1n) is 10.5. The highest BCUT2D eigenvalue weighted by atomic mass is 16.5. The van der Waals surface area contributed by atoms with E-state index in [-0.39, 0.29) is 11.4 Å². The lowest BCUT2D eigenvalue weighted by Crippen LogP contribution is -2.44. The summed E-state index contributed by atoms with van der Waals surface area (Å²) in [5, 5.41) is 6.42. The van der Waals surface area contributed by atoms with Crippen molar-refractivity contribution in [1.82, 2.24) is 20.2 Å². The number of carbonyl (C=O) groups excluding carboxylic acids is 1. The van der Waals surface area contributed by atoms with Gasteiger partial charge in [0.15, 0.2) is 0 Å². The molecule has 3 aliphatic rings.